The maximum atomic E-state index is 13.8. The number of halogens is 1. The van der Waals surface area contributed by atoms with E-state index in [9.17, 15) is 18.0 Å². The van der Waals surface area contributed by atoms with E-state index in [2.05, 4.69) is 5.32 Å². The lowest BCUT2D eigenvalue weighted by Crippen LogP contribution is -2.52. The third-order valence-electron chi connectivity index (χ3n) is 6.95. The van der Waals surface area contributed by atoms with E-state index in [-0.39, 0.29) is 18.5 Å². The molecular weight excluding hydrogens is 550 g/mol. The summed E-state index contributed by atoms with van der Waals surface area (Å²) in [7, 11) is -3.85. The van der Waals surface area contributed by atoms with Gasteiger partial charge in [-0.05, 0) is 67.8 Å². The molecule has 1 aliphatic carbocycles. The molecule has 0 radical (unpaired) electrons. The van der Waals surface area contributed by atoms with Crippen molar-refractivity contribution in [3.63, 3.8) is 0 Å². The predicted molar refractivity (Wildman–Crippen MR) is 157 cm³/mol. The molecule has 0 saturated heterocycles. The van der Waals surface area contributed by atoms with Crippen LogP contribution in [0.15, 0.2) is 78.9 Å². The Morgan fingerprint density at radius 1 is 0.950 bits per heavy atom. The molecule has 0 aliphatic heterocycles. The Labute approximate surface area is 240 Å². The predicted octanol–water partition coefficient (Wildman–Crippen LogP) is 5.37. The van der Waals surface area contributed by atoms with Crippen molar-refractivity contribution in [2.24, 2.45) is 0 Å². The molecule has 1 saturated carbocycles. The van der Waals surface area contributed by atoms with E-state index in [0.717, 1.165) is 36.2 Å². The van der Waals surface area contributed by atoms with E-state index >= 15 is 0 Å². The summed E-state index contributed by atoms with van der Waals surface area (Å²) in [5, 5.41) is 3.50. The minimum absolute atomic E-state index is 0.0548. The highest BCUT2D eigenvalue weighted by molar-refractivity contribution is 7.92. The first-order valence-electron chi connectivity index (χ1n) is 13.3. The molecule has 2 amide bonds. The van der Waals surface area contributed by atoms with Crippen molar-refractivity contribution >= 4 is 39.1 Å². The van der Waals surface area contributed by atoms with Gasteiger partial charge in [-0.1, -0.05) is 60.8 Å². The zero-order valence-electron chi connectivity index (χ0n) is 22.6. The molecule has 8 nitrogen and oxygen atoms in total. The van der Waals surface area contributed by atoms with Gasteiger partial charge in [0.25, 0.3) is 0 Å². The molecule has 0 bridgehead atoms. The van der Waals surface area contributed by atoms with Gasteiger partial charge in [0.1, 0.15) is 24.1 Å². The Kier molecular flexibility index (Phi) is 9.71. The van der Waals surface area contributed by atoms with Crippen LogP contribution >= 0.6 is 11.6 Å². The van der Waals surface area contributed by atoms with Crippen LogP contribution < -0.4 is 14.4 Å². The zero-order valence-corrected chi connectivity index (χ0v) is 24.2. The first kappa shape index (κ1) is 29.4. The van der Waals surface area contributed by atoms with Gasteiger partial charge in [0, 0.05) is 17.6 Å². The highest BCUT2D eigenvalue weighted by Gasteiger charge is 2.31. The van der Waals surface area contributed by atoms with E-state index in [1.165, 1.54) is 4.90 Å². The lowest BCUT2D eigenvalue weighted by atomic mass is 10.1. The minimum Gasteiger partial charge on any atom is -0.457 e. The summed E-state index contributed by atoms with van der Waals surface area (Å²) in [4.78, 5) is 28.3. The van der Waals surface area contributed by atoms with Gasteiger partial charge in [-0.2, -0.15) is 0 Å². The Morgan fingerprint density at radius 2 is 1.55 bits per heavy atom. The number of carbonyl (C=O) groups is 2. The van der Waals surface area contributed by atoms with Gasteiger partial charge in [-0.3, -0.25) is 13.9 Å². The second-order valence-electron chi connectivity index (χ2n) is 9.96. The number of anilines is 1. The number of nitrogens with one attached hydrogen (secondary N) is 1. The standard InChI is InChI=1S/C30H34ClN3O5S/c1-22(30(36)32-24-11-7-8-12-24)33(20-23-10-6-9-15-28(23)31)29(35)21-34(40(2,37)38)25-16-18-27(19-17-25)39-26-13-4-3-5-14-26/h3-6,9-10,13-19,22,24H,7-8,11-12,20-21H2,1-2H3,(H,32,36). The van der Waals surface area contributed by atoms with E-state index in [0.29, 0.717) is 27.8 Å². The summed E-state index contributed by atoms with van der Waals surface area (Å²) in [6.07, 6.45) is 4.97. The van der Waals surface area contributed by atoms with Crippen LogP contribution in [-0.2, 0) is 26.2 Å². The third-order valence-corrected chi connectivity index (χ3v) is 8.46. The normalized spacial score (nSPS) is 14.4. The highest BCUT2D eigenvalue weighted by Crippen LogP contribution is 2.26. The van der Waals surface area contributed by atoms with Crippen LogP contribution in [0, 0.1) is 0 Å². The molecule has 10 heteroatoms. The highest BCUT2D eigenvalue weighted by atomic mass is 35.5. The molecule has 40 heavy (non-hydrogen) atoms. The number of rotatable bonds is 11. The third kappa shape index (κ3) is 7.76. The summed E-state index contributed by atoms with van der Waals surface area (Å²) < 4.78 is 32.5. The maximum absolute atomic E-state index is 13.8. The van der Waals surface area contributed by atoms with Crippen LogP contribution in [0.25, 0.3) is 0 Å². The molecule has 0 aromatic heterocycles. The van der Waals surface area contributed by atoms with Crippen LogP contribution in [0.4, 0.5) is 5.69 Å². The minimum atomic E-state index is -3.85. The van der Waals surface area contributed by atoms with Gasteiger partial charge in [-0.15, -0.1) is 0 Å². The van der Waals surface area contributed by atoms with Crippen molar-refractivity contribution in [3.8, 4) is 11.5 Å². The van der Waals surface area contributed by atoms with Gasteiger partial charge in [0.05, 0.1) is 11.9 Å². The average molecular weight is 584 g/mol. The van der Waals surface area contributed by atoms with Crippen LogP contribution in [0.3, 0.4) is 0 Å². The average Bonchev–Trinajstić information content (AvgIpc) is 3.44. The zero-order chi connectivity index (χ0) is 28.7. The van der Waals surface area contributed by atoms with Gasteiger partial charge < -0.3 is 15.0 Å². The molecule has 1 unspecified atom stereocenters. The number of ether oxygens (including phenoxy) is 1. The smallest absolute Gasteiger partial charge is 0.244 e. The van der Waals surface area contributed by atoms with Crippen molar-refractivity contribution in [2.45, 2.75) is 51.2 Å². The molecule has 3 aromatic carbocycles. The Morgan fingerprint density at radius 3 is 2.17 bits per heavy atom. The van der Waals surface area contributed by atoms with E-state index in [1.807, 2.05) is 30.3 Å². The lowest BCUT2D eigenvalue weighted by Gasteiger charge is -2.32. The monoisotopic (exact) mass is 583 g/mol. The summed E-state index contributed by atoms with van der Waals surface area (Å²) in [6, 6.07) is 22.0. The van der Waals surface area contributed by atoms with E-state index in [4.69, 9.17) is 16.3 Å². The quantitative estimate of drug-likeness (QED) is 0.327. The molecular formula is C30H34ClN3O5S. The summed E-state index contributed by atoms with van der Waals surface area (Å²) in [5.41, 5.74) is 0.961. The molecule has 1 N–H and O–H groups in total. The summed E-state index contributed by atoms with van der Waals surface area (Å²) in [6.45, 7) is 1.22. The Hall–Kier alpha value is -3.56. The van der Waals surface area contributed by atoms with Crippen LogP contribution in [0.5, 0.6) is 11.5 Å². The molecule has 1 atom stereocenters. The summed E-state index contributed by atoms with van der Waals surface area (Å²) >= 11 is 6.39. The molecule has 1 fully saturated rings. The van der Waals surface area contributed by atoms with Crippen LogP contribution in [0.1, 0.15) is 38.2 Å². The fourth-order valence-corrected chi connectivity index (χ4v) is 5.75. The summed E-state index contributed by atoms with van der Waals surface area (Å²) in [5.74, 6) is 0.363. The van der Waals surface area contributed by atoms with Gasteiger partial charge >= 0.3 is 0 Å². The Bertz CT molecular complexity index is 1410. The first-order chi connectivity index (χ1) is 19.1. The van der Waals surface area contributed by atoms with Crippen molar-refractivity contribution in [1.29, 1.82) is 0 Å². The number of amides is 2. The second kappa shape index (κ2) is 13.2. The maximum Gasteiger partial charge on any atom is 0.244 e. The molecule has 4 rings (SSSR count). The number of sulfonamides is 1. The van der Waals surface area contributed by atoms with Crippen molar-refractivity contribution in [3.05, 3.63) is 89.4 Å². The van der Waals surface area contributed by atoms with Crippen molar-refractivity contribution in [1.82, 2.24) is 10.2 Å². The van der Waals surface area contributed by atoms with Gasteiger partial charge in [0.15, 0.2) is 0 Å². The Balaban J connectivity index is 1.56. The largest absolute Gasteiger partial charge is 0.457 e. The number of nitrogens with zero attached hydrogens (tertiary/aromatic N) is 2. The van der Waals surface area contributed by atoms with Crippen molar-refractivity contribution < 1.29 is 22.7 Å². The SMILES string of the molecule is CC(C(=O)NC1CCCC1)N(Cc1ccccc1Cl)C(=O)CN(c1ccc(Oc2ccccc2)cc1)S(C)(=O)=O. The number of hydrogen-bond donors (Lipinski definition) is 1. The van der Waals surface area contributed by atoms with E-state index in [1.54, 1.807) is 55.5 Å². The molecule has 0 heterocycles. The fourth-order valence-electron chi connectivity index (χ4n) is 4.70. The number of carbonyl (C=O) groups excluding carboxylic acids is 2. The molecule has 212 valence electrons. The van der Waals surface area contributed by atoms with Crippen LogP contribution in [-0.4, -0.2) is 50.0 Å². The number of para-hydroxylation sites is 1. The van der Waals surface area contributed by atoms with E-state index < -0.39 is 28.5 Å². The molecule has 1 aliphatic rings. The number of benzene rings is 3. The fraction of sp³-hybridized carbons (Fsp3) is 0.333. The van der Waals surface area contributed by atoms with Crippen molar-refractivity contribution in [2.75, 3.05) is 17.1 Å². The first-order valence-corrected chi connectivity index (χ1v) is 15.5. The van der Waals surface area contributed by atoms with Gasteiger partial charge in [-0.25, -0.2) is 8.42 Å². The second-order valence-corrected chi connectivity index (χ2v) is 12.3. The topological polar surface area (TPSA) is 96.0 Å². The lowest BCUT2D eigenvalue weighted by molar-refractivity contribution is -0.139. The van der Waals surface area contributed by atoms with Gasteiger partial charge in [0.2, 0.25) is 21.8 Å². The molecule has 0 spiro atoms. The number of hydrogen-bond acceptors (Lipinski definition) is 5. The van der Waals surface area contributed by atoms with Crippen LogP contribution in [0.2, 0.25) is 5.02 Å². The molecule has 3 aromatic rings.